The van der Waals surface area contributed by atoms with E-state index in [2.05, 4.69) is 30.6 Å². The quantitative estimate of drug-likeness (QED) is 0.495. The van der Waals surface area contributed by atoms with Crippen LogP contribution in [0, 0.1) is 0 Å². The van der Waals surface area contributed by atoms with Gasteiger partial charge < -0.3 is 9.84 Å². The third-order valence-electron chi connectivity index (χ3n) is 3.69. The largest absolute Gasteiger partial charge is 0.477 e. The first-order chi connectivity index (χ1) is 13.5. The monoisotopic (exact) mass is 463 g/mol. The van der Waals surface area contributed by atoms with Crippen LogP contribution in [0.4, 0.5) is 5.95 Å². The molecular weight excluding hydrogens is 446 g/mol. The number of sulfonamides is 1. The maximum atomic E-state index is 12.6. The molecule has 146 valence electrons. The number of aromatic nitrogens is 2. The summed E-state index contributed by atoms with van der Waals surface area (Å²) in [6.07, 6.45) is 0.419. The van der Waals surface area contributed by atoms with E-state index in [0.717, 1.165) is 5.56 Å². The van der Waals surface area contributed by atoms with Crippen molar-refractivity contribution in [1.29, 1.82) is 0 Å². The molecule has 9 heteroatoms. The Labute approximate surface area is 171 Å². The van der Waals surface area contributed by atoms with Crippen LogP contribution in [0.2, 0.25) is 0 Å². The second-order valence-electron chi connectivity index (χ2n) is 5.73. The number of hydrogen-bond acceptors (Lipinski definition) is 6. The molecule has 1 heterocycles. The summed E-state index contributed by atoms with van der Waals surface area (Å²) in [5.74, 6) is 0.0815. The molecule has 0 bridgehead atoms. The van der Waals surface area contributed by atoms with Crippen molar-refractivity contribution in [3.05, 3.63) is 65.1 Å². The summed E-state index contributed by atoms with van der Waals surface area (Å²) in [6.45, 7) is 0.201. The lowest BCUT2D eigenvalue weighted by atomic mass is 10.1. The van der Waals surface area contributed by atoms with Crippen molar-refractivity contribution in [3.8, 4) is 17.1 Å². The number of halogens is 1. The van der Waals surface area contributed by atoms with Crippen LogP contribution < -0.4 is 9.46 Å². The fourth-order valence-corrected chi connectivity index (χ4v) is 3.85. The average molecular weight is 464 g/mol. The Kier molecular flexibility index (Phi) is 6.61. The molecule has 0 aliphatic heterocycles. The van der Waals surface area contributed by atoms with Gasteiger partial charge in [-0.3, -0.25) is 0 Å². The number of aliphatic hydroxyl groups excluding tert-OH is 1. The molecule has 7 nitrogen and oxygen atoms in total. The summed E-state index contributed by atoms with van der Waals surface area (Å²) in [5, 5.41) is 8.96. The van der Waals surface area contributed by atoms with Gasteiger partial charge in [0, 0.05) is 18.6 Å². The Morgan fingerprint density at radius 1 is 1.00 bits per heavy atom. The molecule has 1 aromatic heterocycles. The van der Waals surface area contributed by atoms with Crippen molar-refractivity contribution in [3.63, 3.8) is 0 Å². The first-order valence-electron chi connectivity index (χ1n) is 8.46. The fraction of sp³-hybridized carbons (Fsp3) is 0.158. The van der Waals surface area contributed by atoms with Gasteiger partial charge in [-0.15, -0.1) is 0 Å². The number of hydrogen-bond donors (Lipinski definition) is 2. The van der Waals surface area contributed by atoms with Crippen molar-refractivity contribution in [2.24, 2.45) is 0 Å². The molecule has 0 saturated heterocycles. The molecule has 0 aliphatic rings. The molecular formula is C19H18BrN3O4S. The van der Waals surface area contributed by atoms with Gasteiger partial charge >= 0.3 is 0 Å². The summed E-state index contributed by atoms with van der Waals surface area (Å²) in [5.41, 5.74) is 1.25. The van der Waals surface area contributed by atoms with Crippen LogP contribution in [0.5, 0.6) is 5.88 Å². The minimum atomic E-state index is -3.85. The predicted molar refractivity (Wildman–Crippen MR) is 110 cm³/mol. The first kappa shape index (κ1) is 20.2. The normalized spacial score (nSPS) is 11.2. The Bertz CT molecular complexity index is 1030. The topological polar surface area (TPSA) is 101 Å². The zero-order valence-corrected chi connectivity index (χ0v) is 17.1. The van der Waals surface area contributed by atoms with Crippen LogP contribution in [0.1, 0.15) is 6.42 Å². The lowest BCUT2D eigenvalue weighted by molar-refractivity contribution is 0.228. The Morgan fingerprint density at radius 3 is 2.29 bits per heavy atom. The lowest BCUT2D eigenvalue weighted by Gasteiger charge is -2.13. The molecule has 2 N–H and O–H groups in total. The van der Waals surface area contributed by atoms with E-state index in [4.69, 9.17) is 9.84 Å². The molecule has 0 spiro atoms. The molecule has 0 amide bonds. The summed E-state index contributed by atoms with van der Waals surface area (Å²) in [7, 11) is -3.85. The zero-order chi connectivity index (χ0) is 20.0. The molecule has 0 aliphatic carbocycles. The average Bonchev–Trinajstić information content (AvgIpc) is 2.71. The van der Waals surface area contributed by atoms with Gasteiger partial charge in [-0.2, -0.15) is 4.98 Å². The maximum absolute atomic E-state index is 12.6. The number of nitrogens with one attached hydrogen (secondary N) is 1. The highest BCUT2D eigenvalue weighted by molar-refractivity contribution is 9.10. The van der Waals surface area contributed by atoms with Gasteiger partial charge in [-0.05, 0) is 28.1 Å². The number of anilines is 1. The van der Waals surface area contributed by atoms with Gasteiger partial charge in [-0.1, -0.05) is 48.5 Å². The minimum absolute atomic E-state index is 0.0261. The summed E-state index contributed by atoms with van der Waals surface area (Å²) >= 11 is 3.44. The first-order valence-corrected chi connectivity index (χ1v) is 10.7. The van der Waals surface area contributed by atoms with Gasteiger partial charge in [0.05, 0.1) is 17.2 Å². The van der Waals surface area contributed by atoms with Crippen LogP contribution in [0.3, 0.4) is 0 Å². The van der Waals surface area contributed by atoms with Crippen LogP contribution in [0.15, 0.2) is 70.0 Å². The Morgan fingerprint density at radius 2 is 1.64 bits per heavy atom. The molecule has 3 rings (SSSR count). The molecule has 0 fully saturated rings. The van der Waals surface area contributed by atoms with Crippen molar-refractivity contribution < 1.29 is 18.3 Å². The van der Waals surface area contributed by atoms with Crippen molar-refractivity contribution in [2.45, 2.75) is 11.3 Å². The van der Waals surface area contributed by atoms with Gasteiger partial charge in [0.25, 0.3) is 10.0 Å². The maximum Gasteiger partial charge on any atom is 0.264 e. The molecule has 0 radical (unpaired) electrons. The van der Waals surface area contributed by atoms with E-state index in [9.17, 15) is 8.42 Å². The van der Waals surface area contributed by atoms with Crippen molar-refractivity contribution in [2.75, 3.05) is 17.9 Å². The second kappa shape index (κ2) is 9.13. The molecule has 0 unspecified atom stereocenters. The highest BCUT2D eigenvalue weighted by atomic mass is 79.9. The highest BCUT2D eigenvalue weighted by Crippen LogP contribution is 2.34. The molecule has 0 atom stereocenters. The number of rotatable bonds is 8. The number of nitrogens with zero attached hydrogens (tertiary/aromatic N) is 2. The SMILES string of the molecule is O=S(=O)(Nc1nc(OCCCO)c(Br)c(-c2ccccc2)n1)c1ccccc1. The lowest BCUT2D eigenvalue weighted by Crippen LogP contribution is -2.16. The van der Waals surface area contributed by atoms with E-state index < -0.39 is 10.0 Å². The Hall–Kier alpha value is -2.49. The summed E-state index contributed by atoms with van der Waals surface area (Å²) in [4.78, 5) is 8.66. The van der Waals surface area contributed by atoms with Gasteiger partial charge in [0.1, 0.15) is 4.47 Å². The summed E-state index contributed by atoms with van der Waals surface area (Å²) in [6, 6.07) is 17.2. The van der Waals surface area contributed by atoms with Crippen LogP contribution in [-0.4, -0.2) is 36.7 Å². The van der Waals surface area contributed by atoms with E-state index >= 15 is 0 Å². The van der Waals surface area contributed by atoms with Crippen LogP contribution in [-0.2, 0) is 10.0 Å². The van der Waals surface area contributed by atoms with Gasteiger partial charge in [0.2, 0.25) is 11.8 Å². The predicted octanol–water partition coefficient (Wildman–Crippen LogP) is 3.47. The van der Waals surface area contributed by atoms with E-state index in [0.29, 0.717) is 16.6 Å². The molecule has 0 saturated carbocycles. The van der Waals surface area contributed by atoms with Crippen LogP contribution >= 0.6 is 15.9 Å². The van der Waals surface area contributed by atoms with Crippen molar-refractivity contribution >= 4 is 31.9 Å². The molecule has 28 heavy (non-hydrogen) atoms. The minimum Gasteiger partial charge on any atom is -0.477 e. The smallest absolute Gasteiger partial charge is 0.264 e. The number of benzene rings is 2. The molecule has 3 aromatic rings. The second-order valence-corrected chi connectivity index (χ2v) is 8.20. The fourth-order valence-electron chi connectivity index (χ4n) is 2.37. The van der Waals surface area contributed by atoms with E-state index in [1.54, 1.807) is 18.2 Å². The van der Waals surface area contributed by atoms with Gasteiger partial charge in [0.15, 0.2) is 0 Å². The Balaban J connectivity index is 2.01. The summed E-state index contributed by atoms with van der Waals surface area (Å²) < 4.78 is 33.8. The number of aliphatic hydroxyl groups is 1. The highest BCUT2D eigenvalue weighted by Gasteiger charge is 2.20. The third-order valence-corrected chi connectivity index (χ3v) is 5.75. The van der Waals surface area contributed by atoms with E-state index in [1.165, 1.54) is 12.1 Å². The zero-order valence-electron chi connectivity index (χ0n) is 14.7. The van der Waals surface area contributed by atoms with Crippen molar-refractivity contribution in [1.82, 2.24) is 9.97 Å². The third kappa shape index (κ3) is 4.86. The number of ether oxygens (including phenoxy) is 1. The standard InChI is InChI=1S/C19H18BrN3O4S/c20-16-17(14-8-3-1-4-9-14)21-19(22-18(16)27-13-7-12-24)23-28(25,26)15-10-5-2-6-11-15/h1-6,8-11,24H,7,12-13H2,(H,21,22,23). The van der Waals surface area contributed by atoms with E-state index in [1.807, 2.05) is 30.3 Å². The van der Waals surface area contributed by atoms with Gasteiger partial charge in [-0.25, -0.2) is 18.1 Å². The van der Waals surface area contributed by atoms with E-state index in [-0.39, 0.29) is 29.9 Å². The molecule has 2 aromatic carbocycles. The van der Waals surface area contributed by atoms with Crippen LogP contribution in [0.25, 0.3) is 11.3 Å².